The Kier molecular flexibility index (Phi) is 6.20. The molecule has 0 amide bonds. The molecule has 0 bridgehead atoms. The van der Waals surface area contributed by atoms with E-state index >= 15 is 0 Å². The first-order valence-corrected chi connectivity index (χ1v) is 7.79. The van der Waals surface area contributed by atoms with Gasteiger partial charge in [0.25, 0.3) is 0 Å². The fourth-order valence-corrected chi connectivity index (χ4v) is 2.37. The van der Waals surface area contributed by atoms with Gasteiger partial charge in [0.15, 0.2) is 0 Å². The average Bonchev–Trinajstić information content (AvgIpc) is 2.23. The zero-order valence-electron chi connectivity index (χ0n) is 15.7. The average molecular weight is 328 g/mol. The van der Waals surface area contributed by atoms with E-state index in [1.54, 1.807) is 0 Å². The predicted octanol–water partition coefficient (Wildman–Crippen LogP) is 5.45. The van der Waals surface area contributed by atoms with Crippen molar-refractivity contribution in [3.05, 3.63) is 28.8 Å². The van der Waals surface area contributed by atoms with Crippen LogP contribution in [0.5, 0.6) is 5.75 Å². The van der Waals surface area contributed by atoms with E-state index < -0.39 is 0 Å². The molecule has 0 aliphatic rings. The Labute approximate surface area is 142 Å². The van der Waals surface area contributed by atoms with Gasteiger partial charge in [-0.25, -0.2) is 0 Å². The third-order valence-electron chi connectivity index (χ3n) is 4.08. The molecule has 0 spiro atoms. The summed E-state index contributed by atoms with van der Waals surface area (Å²) in [5, 5.41) is 10.8. The minimum Gasteiger partial charge on any atom is -0.507 e. The molecular formula is C19H34ClNO. The van der Waals surface area contributed by atoms with Crippen molar-refractivity contribution in [2.45, 2.75) is 79.2 Å². The highest BCUT2D eigenvalue weighted by molar-refractivity contribution is 5.85. The lowest BCUT2D eigenvalue weighted by molar-refractivity contribution is 0.315. The van der Waals surface area contributed by atoms with Crippen LogP contribution in [0.4, 0.5) is 0 Å². The van der Waals surface area contributed by atoms with Crippen molar-refractivity contribution in [2.24, 2.45) is 11.1 Å². The molecule has 0 aliphatic carbocycles. The lowest BCUT2D eigenvalue weighted by Crippen LogP contribution is -2.28. The van der Waals surface area contributed by atoms with E-state index in [2.05, 4.69) is 74.4 Å². The van der Waals surface area contributed by atoms with Gasteiger partial charge in [-0.05, 0) is 33.4 Å². The predicted molar refractivity (Wildman–Crippen MR) is 99.1 cm³/mol. The lowest BCUT2D eigenvalue weighted by atomic mass is 9.75. The number of phenols is 1. The highest BCUT2D eigenvalue weighted by Crippen LogP contribution is 2.43. The second kappa shape index (κ2) is 6.41. The van der Waals surface area contributed by atoms with Gasteiger partial charge in [-0.1, -0.05) is 68.4 Å². The largest absolute Gasteiger partial charge is 0.507 e. The summed E-state index contributed by atoms with van der Waals surface area (Å²) in [4.78, 5) is 0. The van der Waals surface area contributed by atoms with E-state index in [9.17, 15) is 5.11 Å². The second-order valence-corrected chi connectivity index (χ2v) is 9.31. The number of phenolic OH excluding ortho intramolecular Hbond substituents is 1. The van der Waals surface area contributed by atoms with E-state index in [1.165, 1.54) is 5.56 Å². The van der Waals surface area contributed by atoms with Crippen LogP contribution in [0.1, 0.15) is 85.0 Å². The normalized spacial score (nSPS) is 14.5. The summed E-state index contributed by atoms with van der Waals surface area (Å²) in [7, 11) is 0. The van der Waals surface area contributed by atoms with Crippen molar-refractivity contribution < 1.29 is 5.11 Å². The van der Waals surface area contributed by atoms with Crippen LogP contribution in [0.25, 0.3) is 0 Å². The smallest absolute Gasteiger partial charge is 0.124 e. The number of benzene rings is 1. The molecular weight excluding hydrogens is 294 g/mol. The zero-order valence-corrected chi connectivity index (χ0v) is 16.5. The Morgan fingerprint density at radius 1 is 0.864 bits per heavy atom. The van der Waals surface area contributed by atoms with E-state index in [0.29, 0.717) is 5.75 Å². The SMILES string of the molecule is CC(C)(C)c1cc([C@H](N)C(C)(C)C)c(O)c(C(C)(C)C)c1.Cl. The highest BCUT2D eigenvalue weighted by Gasteiger charge is 2.30. The number of hydrogen-bond acceptors (Lipinski definition) is 2. The van der Waals surface area contributed by atoms with Crippen molar-refractivity contribution >= 4 is 12.4 Å². The molecule has 22 heavy (non-hydrogen) atoms. The Bertz CT molecular complexity index is 516. The van der Waals surface area contributed by atoms with Crippen LogP contribution in [0.15, 0.2) is 12.1 Å². The van der Waals surface area contributed by atoms with Crippen molar-refractivity contribution in [3.63, 3.8) is 0 Å². The Hall–Kier alpha value is -0.730. The number of aromatic hydroxyl groups is 1. The fraction of sp³-hybridized carbons (Fsp3) is 0.684. The molecule has 0 fully saturated rings. The molecule has 1 atom stereocenters. The van der Waals surface area contributed by atoms with Gasteiger partial charge in [0.2, 0.25) is 0 Å². The van der Waals surface area contributed by atoms with Crippen LogP contribution >= 0.6 is 12.4 Å². The molecule has 0 aromatic heterocycles. The van der Waals surface area contributed by atoms with Crippen molar-refractivity contribution in [1.29, 1.82) is 0 Å². The van der Waals surface area contributed by atoms with Crippen molar-refractivity contribution in [2.75, 3.05) is 0 Å². The van der Waals surface area contributed by atoms with Crippen LogP contribution in [0.2, 0.25) is 0 Å². The van der Waals surface area contributed by atoms with Gasteiger partial charge in [-0.3, -0.25) is 0 Å². The van der Waals surface area contributed by atoms with Crippen LogP contribution in [-0.4, -0.2) is 5.11 Å². The van der Waals surface area contributed by atoms with Gasteiger partial charge < -0.3 is 10.8 Å². The first-order valence-electron chi connectivity index (χ1n) is 7.79. The summed E-state index contributed by atoms with van der Waals surface area (Å²) in [6, 6.07) is 4.02. The third kappa shape index (κ3) is 4.63. The van der Waals surface area contributed by atoms with E-state index in [1.807, 2.05) is 0 Å². The van der Waals surface area contributed by atoms with Gasteiger partial charge in [0.1, 0.15) is 5.75 Å². The summed E-state index contributed by atoms with van der Waals surface area (Å²) in [5.41, 5.74) is 9.32. The maximum Gasteiger partial charge on any atom is 0.124 e. The van der Waals surface area contributed by atoms with E-state index in [0.717, 1.165) is 11.1 Å². The highest BCUT2D eigenvalue weighted by atomic mass is 35.5. The molecule has 0 saturated carbocycles. The van der Waals surface area contributed by atoms with Crippen LogP contribution < -0.4 is 5.73 Å². The summed E-state index contributed by atoms with van der Waals surface area (Å²) >= 11 is 0. The van der Waals surface area contributed by atoms with E-state index in [4.69, 9.17) is 5.73 Å². The van der Waals surface area contributed by atoms with Crippen LogP contribution in [-0.2, 0) is 10.8 Å². The van der Waals surface area contributed by atoms with Gasteiger partial charge in [0.05, 0.1) is 0 Å². The third-order valence-corrected chi connectivity index (χ3v) is 4.08. The standard InChI is InChI=1S/C19H33NO.ClH/c1-17(2,3)12-10-13(16(20)19(7,8)9)15(21)14(11-12)18(4,5)6;/h10-11,16,21H,20H2,1-9H3;1H/t16-;/m0./s1. The molecule has 1 aromatic carbocycles. The summed E-state index contributed by atoms with van der Waals surface area (Å²) in [6.07, 6.45) is 0. The molecule has 128 valence electrons. The molecule has 3 heteroatoms. The minimum atomic E-state index is -0.194. The molecule has 1 aromatic rings. The molecule has 0 radical (unpaired) electrons. The first-order chi connectivity index (χ1) is 9.15. The number of hydrogen-bond donors (Lipinski definition) is 2. The Morgan fingerprint density at radius 3 is 1.64 bits per heavy atom. The van der Waals surface area contributed by atoms with Crippen molar-refractivity contribution in [1.82, 2.24) is 0 Å². The fourth-order valence-electron chi connectivity index (χ4n) is 2.37. The summed E-state index contributed by atoms with van der Waals surface area (Å²) in [5.74, 6) is 0.359. The number of nitrogens with two attached hydrogens (primary N) is 1. The van der Waals surface area contributed by atoms with Gasteiger partial charge in [0, 0.05) is 11.6 Å². The van der Waals surface area contributed by atoms with Crippen molar-refractivity contribution in [3.8, 4) is 5.75 Å². The first kappa shape index (κ1) is 21.3. The van der Waals surface area contributed by atoms with Crippen LogP contribution in [0, 0.1) is 5.41 Å². The Morgan fingerprint density at radius 2 is 1.32 bits per heavy atom. The molecule has 1 rings (SSSR count). The number of halogens is 1. The second-order valence-electron chi connectivity index (χ2n) is 9.31. The maximum atomic E-state index is 10.8. The minimum absolute atomic E-state index is 0. The maximum absolute atomic E-state index is 10.8. The molecule has 2 nitrogen and oxygen atoms in total. The Balaban J connectivity index is 0.00000441. The lowest BCUT2D eigenvalue weighted by Gasteiger charge is -2.33. The van der Waals surface area contributed by atoms with Gasteiger partial charge in [-0.2, -0.15) is 0 Å². The topological polar surface area (TPSA) is 46.2 Å². The molecule has 0 aliphatic heterocycles. The monoisotopic (exact) mass is 327 g/mol. The van der Waals surface area contributed by atoms with Gasteiger partial charge in [-0.15, -0.1) is 12.4 Å². The van der Waals surface area contributed by atoms with Crippen LogP contribution in [0.3, 0.4) is 0 Å². The summed E-state index contributed by atoms with van der Waals surface area (Å²) < 4.78 is 0. The molecule has 0 saturated heterocycles. The molecule has 0 heterocycles. The molecule has 3 N–H and O–H groups in total. The summed E-state index contributed by atoms with van der Waals surface area (Å²) in [6.45, 7) is 19.3. The molecule has 0 unspecified atom stereocenters. The van der Waals surface area contributed by atoms with Gasteiger partial charge >= 0.3 is 0 Å². The zero-order chi connectivity index (χ0) is 16.8. The quantitative estimate of drug-likeness (QED) is 0.720. The number of rotatable bonds is 1. The van der Waals surface area contributed by atoms with E-state index in [-0.39, 0.29) is 34.7 Å².